The minimum absolute atomic E-state index is 0. The van der Waals surface area contributed by atoms with Crippen LogP contribution in [0.5, 0.6) is 11.5 Å². The standard InChI is InChI=1S/C29H45N2S2.C23H22BrN2S2.C23H24Cl2N2O5S4.C19H19N3O4S.C15H18NO2.CH4.BrH.2HI.Na/c1-5-7-9-14-18-22-30-26(3)24-32-28(30)20-16-12-11-13-17-21-29-31(27(4)25-33-29)23-19-15-10-8-6-2;1-3-25-18-9-5-7-11-20(18)27-22(25)15-13-17(24)14-16-23-26(4-2)19-10-6-8-12-21(19)28-23;1-2-35(28,29)11-3-9-26-18-13-16(24)5-7-20(18)33-22(26)15-23-27(10-4-12-36(30,31)32)19-14-17(25)6-8-21(19)34-23;1-3-11-21-18(25)14(22(19(21)27)12-17(23)24)9-10-16-20(4-2)13-7-5-6-8-15(13)26-16;1-4-16-12(2)11-18-15(16)10-7-13-5-8-14(17-3)9-6-13;;;;;/h11-13,16-17,20-21,24-25H,5-10,14-15,18-19,22-23H2,1-4H3;5-16H,3-4H2,1-2H3;5-8,13-15H,2-4,9-12H2,1H3;3,5-10H,1,4,11-12H2,2H3,(H,23,24);5-11H,4H2,1-3H3;1H4;3*1H;/q2*+1;;;+1;;;;;+1/p-3/b;;;14-9+,16-10-;10-7+;;;;;. The van der Waals surface area contributed by atoms with Crippen LogP contribution in [0, 0.1) is 13.8 Å². The van der Waals surface area contributed by atoms with Crippen molar-refractivity contribution < 1.29 is 163 Å². The quantitative estimate of drug-likeness (QED) is 0.00434. The van der Waals surface area contributed by atoms with Crippen molar-refractivity contribution in [1.82, 2.24) is 14.7 Å². The molecule has 0 saturated carbocycles. The maximum atomic E-state index is 12.7. The van der Waals surface area contributed by atoms with Crippen molar-refractivity contribution in [2.45, 2.75) is 190 Å². The van der Waals surface area contributed by atoms with Gasteiger partial charge in [-0.25, -0.2) is 16.8 Å². The summed E-state index contributed by atoms with van der Waals surface area (Å²) in [4.78, 5) is 37.6. The molecule has 0 aliphatic carbocycles. The average molecular weight is 2570 g/mol. The molecule has 5 aliphatic heterocycles. The monoisotopic (exact) mass is 2560 g/mol. The topological polar surface area (TPSA) is 212 Å². The first kappa shape index (κ1) is 129. The summed E-state index contributed by atoms with van der Waals surface area (Å²) < 4.78 is 86.5. The van der Waals surface area contributed by atoms with E-state index in [1.807, 2.05) is 167 Å². The molecule has 1 N–H and O–H groups in total. The number of carboxylic acid groups (broad SMARTS) is 1. The second kappa shape index (κ2) is 65.6. The number of thiocarbonyl (C=S) groups is 1. The molecule has 15 rings (SSSR count). The van der Waals surface area contributed by atoms with Crippen LogP contribution in [0.15, 0.2) is 281 Å². The van der Waals surface area contributed by atoms with Crippen LogP contribution in [0.4, 0.5) is 17.1 Å². The van der Waals surface area contributed by atoms with Crippen molar-refractivity contribution in [2.75, 3.05) is 78.3 Å². The number of amides is 1. The van der Waals surface area contributed by atoms with Crippen molar-refractivity contribution in [3.63, 3.8) is 0 Å². The van der Waals surface area contributed by atoms with Gasteiger partial charge >= 0.3 is 41.4 Å². The third-order valence-corrected chi connectivity index (χ3v) is 34.0. The van der Waals surface area contributed by atoms with Crippen LogP contribution < -0.4 is 137 Å². The molecule has 21 nitrogen and oxygen atoms in total. The smallest absolute Gasteiger partial charge is 1.00 e. The molecule has 0 spiro atoms. The van der Waals surface area contributed by atoms with E-state index in [1.54, 1.807) is 55.9 Å². The maximum absolute atomic E-state index is 12.7. The Labute approximate surface area is 985 Å². The first-order chi connectivity index (χ1) is 68.5. The van der Waals surface area contributed by atoms with Crippen LogP contribution in [-0.4, -0.2) is 122 Å². The number of sulfone groups is 1. The van der Waals surface area contributed by atoms with Gasteiger partial charge in [0.1, 0.15) is 56.9 Å². The third kappa shape index (κ3) is 37.8. The van der Waals surface area contributed by atoms with Crippen molar-refractivity contribution in [1.29, 1.82) is 0 Å². The molecule has 0 radical (unpaired) electrons. The number of fused-ring (bicyclic) bond motifs is 5. The van der Waals surface area contributed by atoms with E-state index in [2.05, 4.69) is 225 Å². The number of carboxylic acids is 1. The molecule has 784 valence electrons. The van der Waals surface area contributed by atoms with Crippen LogP contribution in [0.2, 0.25) is 10.0 Å². The summed E-state index contributed by atoms with van der Waals surface area (Å²) >= 11 is 31.9. The number of thiazole rings is 3. The zero-order chi connectivity index (χ0) is 102. The summed E-state index contributed by atoms with van der Waals surface area (Å²) in [6.07, 6.45) is 50.3. The number of anilines is 3. The number of aromatic nitrogens is 4. The molecular weight excluding hydrogens is 2430 g/mol. The summed E-state index contributed by atoms with van der Waals surface area (Å²) in [5.41, 5.74) is 10.5. The van der Waals surface area contributed by atoms with Gasteiger partial charge < -0.3 is 113 Å². The molecule has 147 heavy (non-hydrogen) atoms. The normalized spacial score (nSPS) is 15.2. The summed E-state index contributed by atoms with van der Waals surface area (Å²) in [5.74, 6) is 1.32. The number of carbonyl (C=O) groups is 2. The minimum atomic E-state index is -4.32. The zero-order valence-electron chi connectivity index (χ0n) is 84.6. The second-order valence-corrected chi connectivity index (χ2v) is 45.6. The molecule has 0 unspecified atom stereocenters. The Balaban J connectivity index is 0.000000282. The number of rotatable bonds is 41. The van der Waals surface area contributed by atoms with E-state index in [9.17, 15) is 31.0 Å². The molecule has 6 aromatic carbocycles. The number of unbranched alkanes of at least 4 members (excludes halogenated alkanes) is 8. The van der Waals surface area contributed by atoms with Gasteiger partial charge in [-0.2, -0.15) is 18.3 Å². The van der Waals surface area contributed by atoms with Crippen molar-refractivity contribution in [3.05, 3.63) is 315 Å². The fraction of sp³-hybridized carbons (Fsp3) is 0.336. The molecule has 1 saturated heterocycles. The van der Waals surface area contributed by atoms with E-state index in [0.29, 0.717) is 42.0 Å². The van der Waals surface area contributed by atoms with Gasteiger partial charge in [0.15, 0.2) is 29.4 Å². The number of para-hydroxylation sites is 4. The van der Waals surface area contributed by atoms with Gasteiger partial charge in [-0.1, -0.05) is 267 Å². The molecule has 1 amide bonds. The number of nitrogens with zero attached hydrogens (tertiary/aromatic N) is 10. The molecule has 0 atom stereocenters. The number of benzene rings is 6. The van der Waals surface area contributed by atoms with Crippen molar-refractivity contribution in [3.8, 4) is 11.5 Å². The zero-order valence-corrected chi connectivity index (χ0v) is 103. The number of allylic oxidation sites excluding steroid dienone is 13. The Bertz CT molecular complexity index is 6720. The Kier molecular flexibility index (Phi) is 57.5. The summed E-state index contributed by atoms with van der Waals surface area (Å²) in [5, 5.41) is 22.0. The van der Waals surface area contributed by atoms with E-state index in [1.165, 1.54) is 138 Å². The van der Waals surface area contributed by atoms with Gasteiger partial charge in [0.2, 0.25) is 22.6 Å². The van der Waals surface area contributed by atoms with Gasteiger partial charge in [0.05, 0.1) is 72.7 Å². The molecule has 9 heterocycles. The molecular formula is C110H132Br2Cl2I2N10NaO11S9+. The van der Waals surface area contributed by atoms with Crippen molar-refractivity contribution in [2.24, 2.45) is 0 Å². The fourth-order valence-electron chi connectivity index (χ4n) is 16.1. The SMILES string of the molecule is C.C=CCN1C(=O)/C(=C\C=C2/Oc3ccccc3N2CC)N(CC(=O)O)C1=S.CCCCCCCN1C(C)=CS\C1=C/C=C/C=C/C=C/c1scc(C)[n+]1CCCCCCC.CCN1/C(=C/C=C(Br)/C=C/c2sc3ccccc3[n+]2CC)Sc2ccccc21.CCS(=O)(=O)CCC[n+]1c(/C=C2\Sc3ccc(Cl)cc3N2CCCS(=O)(=O)[O-])sc2ccc(Cl)cc21.CC[n+]1c(C)coc1/C=C/c1ccc(OC)cc1.[Br-].[I-].[I-].[Na+]. The summed E-state index contributed by atoms with van der Waals surface area (Å²) in [6, 6.07) is 43.9. The molecule has 0 bridgehead atoms. The molecule has 10 aromatic rings. The predicted molar refractivity (Wildman–Crippen MR) is 608 cm³/mol. The van der Waals surface area contributed by atoms with Gasteiger partial charge in [0.25, 0.3) is 20.9 Å². The number of oxazole rings is 1. The van der Waals surface area contributed by atoms with Crippen LogP contribution in [0.3, 0.4) is 0 Å². The Morgan fingerprint density at radius 1 is 0.599 bits per heavy atom. The molecule has 4 aromatic heterocycles. The minimum Gasteiger partial charge on any atom is -1.00 e. The van der Waals surface area contributed by atoms with Crippen LogP contribution in [0.25, 0.3) is 50.8 Å². The number of thioether (sulfide) groups is 3. The molecule has 1 fully saturated rings. The van der Waals surface area contributed by atoms with Gasteiger partial charge in [0, 0.05) is 131 Å². The number of methoxy groups -OCH3 is 1. The van der Waals surface area contributed by atoms with E-state index in [0.717, 1.165) is 102 Å². The van der Waals surface area contributed by atoms with E-state index in [-0.39, 0.29) is 143 Å². The van der Waals surface area contributed by atoms with Crippen molar-refractivity contribution >= 4 is 225 Å². The van der Waals surface area contributed by atoms with Gasteiger partial charge in [-0.3, -0.25) is 14.5 Å². The first-order valence-electron chi connectivity index (χ1n) is 48.0. The van der Waals surface area contributed by atoms with E-state index < -0.39 is 38.2 Å². The van der Waals surface area contributed by atoms with Crippen LogP contribution in [0.1, 0.15) is 178 Å². The maximum Gasteiger partial charge on any atom is 1.00 e. The third-order valence-electron chi connectivity index (χ3n) is 23.4. The van der Waals surface area contributed by atoms with Gasteiger partial charge in [-0.05, 0) is 186 Å². The first-order valence-corrected chi connectivity index (χ1v) is 58.4. The predicted octanol–water partition coefficient (Wildman–Crippen LogP) is 15.4. The number of hydrogen-bond acceptors (Lipinski definition) is 21. The number of carbonyl (C=O) groups excluding carboxylic acids is 1. The number of ether oxygens (including phenoxy) is 2. The van der Waals surface area contributed by atoms with Crippen LogP contribution >= 0.6 is 121 Å². The second-order valence-electron chi connectivity index (χ2n) is 33.4. The van der Waals surface area contributed by atoms with Crippen LogP contribution in [-0.2, 0) is 55.7 Å². The summed E-state index contributed by atoms with van der Waals surface area (Å²) in [7, 11) is -5.75. The van der Waals surface area contributed by atoms with E-state index in [4.69, 9.17) is 54.4 Å². The fourth-order valence-corrected chi connectivity index (χ4v) is 24.7. The van der Waals surface area contributed by atoms with E-state index >= 15 is 0 Å². The average Bonchev–Trinajstić information content (AvgIpc) is 1.62. The number of hydrogen-bond donors (Lipinski definition) is 1. The summed E-state index contributed by atoms with van der Waals surface area (Å²) in [6.45, 7) is 31.2. The molecule has 37 heteroatoms. The largest absolute Gasteiger partial charge is 1.00 e. The number of aryl methyl sites for hydroxylation is 4. The Hall–Kier alpha value is -6.90. The number of halogens is 6. The molecule has 5 aliphatic rings. The Morgan fingerprint density at radius 3 is 1.93 bits per heavy atom. The number of aliphatic carboxylic acids is 1. The Morgan fingerprint density at radius 2 is 1.23 bits per heavy atom. The van der Waals surface area contributed by atoms with Gasteiger partial charge in [-0.15, -0.1) is 6.58 Å².